The predicted molar refractivity (Wildman–Crippen MR) is 68.9 cm³/mol. The Labute approximate surface area is 106 Å². The Morgan fingerprint density at radius 2 is 2.41 bits per heavy atom. The predicted octanol–water partition coefficient (Wildman–Crippen LogP) is 2.64. The van der Waals surface area contributed by atoms with E-state index in [-0.39, 0.29) is 11.9 Å². The number of nitrogens with zero attached hydrogens (tertiary/aromatic N) is 1. The van der Waals surface area contributed by atoms with Gasteiger partial charge in [-0.3, -0.25) is 4.79 Å². The SMILES string of the molecule is CC(=O)c1c(C)nsc1NCC1CCCCO1. The van der Waals surface area contributed by atoms with Crippen molar-refractivity contribution in [2.45, 2.75) is 39.2 Å². The number of rotatable bonds is 4. The van der Waals surface area contributed by atoms with Gasteiger partial charge in [-0.05, 0) is 44.6 Å². The topological polar surface area (TPSA) is 51.2 Å². The monoisotopic (exact) mass is 254 g/mol. The highest BCUT2D eigenvalue weighted by molar-refractivity contribution is 7.10. The number of aromatic nitrogens is 1. The Balaban J connectivity index is 1.96. The standard InChI is InChI=1S/C12H18N2O2S/c1-8-11(9(2)15)12(17-14-8)13-7-10-5-3-4-6-16-10/h10,13H,3-7H2,1-2H3. The molecule has 0 aromatic carbocycles. The molecule has 1 atom stereocenters. The number of Topliss-reactive ketones (excluding diaryl/α,β-unsaturated/α-hetero) is 1. The molecule has 1 aromatic rings. The first-order valence-corrected chi connectivity index (χ1v) is 6.78. The van der Waals surface area contributed by atoms with Crippen molar-refractivity contribution in [2.75, 3.05) is 18.5 Å². The number of anilines is 1. The van der Waals surface area contributed by atoms with E-state index >= 15 is 0 Å². The number of carbonyl (C=O) groups excluding carboxylic acids is 1. The summed E-state index contributed by atoms with van der Waals surface area (Å²) in [4.78, 5) is 11.5. The number of hydrogen-bond acceptors (Lipinski definition) is 5. The fourth-order valence-electron chi connectivity index (χ4n) is 2.08. The van der Waals surface area contributed by atoms with Crippen LogP contribution in [0.3, 0.4) is 0 Å². The molecule has 1 fully saturated rings. The van der Waals surface area contributed by atoms with Gasteiger partial charge in [-0.1, -0.05) is 0 Å². The molecule has 0 amide bonds. The summed E-state index contributed by atoms with van der Waals surface area (Å²) >= 11 is 1.36. The van der Waals surface area contributed by atoms with Gasteiger partial charge in [0, 0.05) is 13.2 Å². The molecule has 0 radical (unpaired) electrons. The van der Waals surface area contributed by atoms with Crippen LogP contribution in [-0.4, -0.2) is 29.4 Å². The van der Waals surface area contributed by atoms with Crippen molar-refractivity contribution in [3.8, 4) is 0 Å². The first-order valence-electron chi connectivity index (χ1n) is 6.01. The van der Waals surface area contributed by atoms with Crippen LogP contribution in [0.15, 0.2) is 0 Å². The average Bonchev–Trinajstić information content (AvgIpc) is 2.69. The zero-order valence-electron chi connectivity index (χ0n) is 10.3. The minimum atomic E-state index is 0.0725. The second kappa shape index (κ2) is 5.60. The molecular formula is C12H18N2O2S. The van der Waals surface area contributed by atoms with Crippen LogP contribution in [0.5, 0.6) is 0 Å². The van der Waals surface area contributed by atoms with Crippen LogP contribution < -0.4 is 5.32 Å². The normalized spacial score (nSPS) is 20.2. The number of ketones is 1. The molecule has 1 unspecified atom stereocenters. The lowest BCUT2D eigenvalue weighted by Crippen LogP contribution is -2.27. The lowest BCUT2D eigenvalue weighted by molar-refractivity contribution is 0.0248. The zero-order valence-corrected chi connectivity index (χ0v) is 11.1. The van der Waals surface area contributed by atoms with Gasteiger partial charge in [0.1, 0.15) is 5.00 Å². The van der Waals surface area contributed by atoms with Crippen LogP contribution in [0.25, 0.3) is 0 Å². The molecule has 1 aliphatic rings. The number of aryl methyl sites for hydroxylation is 1. The molecule has 0 saturated carbocycles. The van der Waals surface area contributed by atoms with E-state index in [1.54, 1.807) is 6.92 Å². The van der Waals surface area contributed by atoms with Gasteiger partial charge in [0.15, 0.2) is 5.78 Å². The fourth-order valence-corrected chi connectivity index (χ4v) is 2.93. The quantitative estimate of drug-likeness (QED) is 0.839. The minimum Gasteiger partial charge on any atom is -0.376 e. The maximum Gasteiger partial charge on any atom is 0.164 e. The summed E-state index contributed by atoms with van der Waals surface area (Å²) in [6.07, 6.45) is 3.76. The van der Waals surface area contributed by atoms with Crippen LogP contribution in [0.4, 0.5) is 5.00 Å². The van der Waals surface area contributed by atoms with Crippen LogP contribution in [0, 0.1) is 6.92 Å². The van der Waals surface area contributed by atoms with Gasteiger partial charge in [-0.2, -0.15) is 4.37 Å². The maximum absolute atomic E-state index is 11.5. The fraction of sp³-hybridized carbons (Fsp3) is 0.667. The van der Waals surface area contributed by atoms with Crippen LogP contribution in [0.2, 0.25) is 0 Å². The summed E-state index contributed by atoms with van der Waals surface area (Å²) in [5.41, 5.74) is 1.54. The summed E-state index contributed by atoms with van der Waals surface area (Å²) < 4.78 is 9.86. The van der Waals surface area contributed by atoms with Crippen molar-refractivity contribution in [1.29, 1.82) is 0 Å². The summed E-state index contributed by atoms with van der Waals surface area (Å²) in [6.45, 7) is 5.07. The van der Waals surface area contributed by atoms with Crippen LogP contribution in [0.1, 0.15) is 42.2 Å². The smallest absolute Gasteiger partial charge is 0.164 e. The third-order valence-corrected chi connectivity index (χ3v) is 3.88. The van der Waals surface area contributed by atoms with E-state index in [1.807, 2.05) is 6.92 Å². The lowest BCUT2D eigenvalue weighted by atomic mass is 10.1. The molecule has 4 nitrogen and oxygen atoms in total. The van der Waals surface area contributed by atoms with Crippen molar-refractivity contribution in [3.63, 3.8) is 0 Å². The van der Waals surface area contributed by atoms with Gasteiger partial charge in [-0.15, -0.1) is 0 Å². The van der Waals surface area contributed by atoms with E-state index in [4.69, 9.17) is 4.74 Å². The highest BCUT2D eigenvalue weighted by Gasteiger charge is 2.17. The molecule has 1 aliphatic heterocycles. The Morgan fingerprint density at radius 3 is 3.06 bits per heavy atom. The van der Waals surface area contributed by atoms with E-state index < -0.39 is 0 Å². The summed E-state index contributed by atoms with van der Waals surface area (Å²) in [7, 11) is 0. The summed E-state index contributed by atoms with van der Waals surface area (Å²) in [6, 6.07) is 0. The minimum absolute atomic E-state index is 0.0725. The van der Waals surface area contributed by atoms with E-state index in [0.29, 0.717) is 0 Å². The molecule has 1 aromatic heterocycles. The van der Waals surface area contributed by atoms with Crippen molar-refractivity contribution in [3.05, 3.63) is 11.3 Å². The van der Waals surface area contributed by atoms with Crippen LogP contribution >= 0.6 is 11.5 Å². The third kappa shape index (κ3) is 3.04. The zero-order chi connectivity index (χ0) is 12.3. The number of hydrogen-bond donors (Lipinski definition) is 1. The first-order chi connectivity index (χ1) is 8.18. The number of ether oxygens (including phenoxy) is 1. The van der Waals surface area contributed by atoms with Crippen molar-refractivity contribution in [1.82, 2.24) is 4.37 Å². The molecule has 17 heavy (non-hydrogen) atoms. The van der Waals surface area contributed by atoms with Gasteiger partial charge in [-0.25, -0.2) is 0 Å². The summed E-state index contributed by atoms with van der Waals surface area (Å²) in [5, 5.41) is 4.17. The Bertz CT molecular complexity index is 397. The lowest BCUT2D eigenvalue weighted by Gasteiger charge is -2.22. The highest BCUT2D eigenvalue weighted by Crippen LogP contribution is 2.25. The maximum atomic E-state index is 11.5. The van der Waals surface area contributed by atoms with Crippen molar-refractivity contribution < 1.29 is 9.53 Å². The molecule has 1 N–H and O–H groups in total. The second-order valence-electron chi connectivity index (χ2n) is 4.40. The van der Waals surface area contributed by atoms with Crippen LogP contribution in [-0.2, 0) is 4.74 Å². The molecule has 2 heterocycles. The van der Waals surface area contributed by atoms with Crippen molar-refractivity contribution in [2.24, 2.45) is 0 Å². The van der Waals surface area contributed by atoms with Gasteiger partial charge in [0.25, 0.3) is 0 Å². The van der Waals surface area contributed by atoms with Gasteiger partial charge in [0.2, 0.25) is 0 Å². The molecule has 2 rings (SSSR count). The number of carbonyl (C=O) groups is 1. The Hall–Kier alpha value is -0.940. The second-order valence-corrected chi connectivity index (χ2v) is 5.17. The van der Waals surface area contributed by atoms with Gasteiger partial charge < -0.3 is 10.1 Å². The van der Waals surface area contributed by atoms with E-state index in [2.05, 4.69) is 9.69 Å². The van der Waals surface area contributed by atoms with Gasteiger partial charge >= 0.3 is 0 Å². The Kier molecular flexibility index (Phi) is 4.12. The first kappa shape index (κ1) is 12.5. The molecular weight excluding hydrogens is 236 g/mol. The molecule has 0 bridgehead atoms. The third-order valence-electron chi connectivity index (χ3n) is 2.98. The van der Waals surface area contributed by atoms with E-state index in [9.17, 15) is 4.79 Å². The summed E-state index contributed by atoms with van der Waals surface area (Å²) in [5.74, 6) is 0.0725. The molecule has 0 spiro atoms. The molecule has 1 saturated heterocycles. The Morgan fingerprint density at radius 1 is 1.59 bits per heavy atom. The highest BCUT2D eigenvalue weighted by atomic mass is 32.1. The average molecular weight is 254 g/mol. The van der Waals surface area contributed by atoms with Crippen molar-refractivity contribution >= 4 is 22.3 Å². The molecule has 0 aliphatic carbocycles. The molecule has 5 heteroatoms. The van der Waals surface area contributed by atoms with E-state index in [1.165, 1.54) is 18.0 Å². The molecule has 94 valence electrons. The van der Waals surface area contributed by atoms with E-state index in [0.717, 1.165) is 42.3 Å². The largest absolute Gasteiger partial charge is 0.376 e. The van der Waals surface area contributed by atoms with Gasteiger partial charge in [0.05, 0.1) is 17.4 Å². The number of nitrogens with one attached hydrogen (secondary N) is 1.